The molecule has 2 aromatic rings. The van der Waals surface area contributed by atoms with Crippen molar-refractivity contribution in [1.29, 1.82) is 0 Å². The summed E-state index contributed by atoms with van der Waals surface area (Å²) in [7, 11) is -5.60. The van der Waals surface area contributed by atoms with Gasteiger partial charge >= 0.3 is 13.3 Å². The van der Waals surface area contributed by atoms with Crippen LogP contribution in [-0.4, -0.2) is 9.79 Å². The SMILES string of the molecule is O=P(O)(O)C(F)(F)c1ccc(COCc2ccc(Br)cc2)cc1Br. The molecule has 0 saturated carbocycles. The molecule has 2 aromatic carbocycles. The van der Waals surface area contributed by atoms with Gasteiger partial charge in [0.1, 0.15) is 0 Å². The quantitative estimate of drug-likeness (QED) is 0.555. The van der Waals surface area contributed by atoms with Crippen LogP contribution in [-0.2, 0) is 28.2 Å². The smallest absolute Gasteiger partial charge is 0.372 e. The average molecular weight is 486 g/mol. The zero-order valence-corrected chi connectivity index (χ0v) is 16.2. The minimum absolute atomic E-state index is 0.0828. The Morgan fingerprint density at radius 1 is 1.00 bits per heavy atom. The van der Waals surface area contributed by atoms with Gasteiger partial charge in [-0.05, 0) is 29.3 Å². The third-order valence-electron chi connectivity index (χ3n) is 3.17. The van der Waals surface area contributed by atoms with E-state index in [-0.39, 0.29) is 11.1 Å². The second-order valence-electron chi connectivity index (χ2n) is 5.02. The molecule has 9 heteroatoms. The van der Waals surface area contributed by atoms with Gasteiger partial charge in [-0.3, -0.25) is 4.57 Å². The first kappa shape index (κ1) is 19.7. The summed E-state index contributed by atoms with van der Waals surface area (Å²) in [6, 6.07) is 11.3. The standard InChI is InChI=1S/C15H13Br2F2O4P/c16-12-4-1-10(2-5-12)8-23-9-11-3-6-13(14(17)7-11)15(18,19)24(20,21)22/h1-7H,8-9H2,(H2,20,21,22). The van der Waals surface area contributed by atoms with E-state index in [0.717, 1.165) is 16.1 Å². The number of halogens is 4. The van der Waals surface area contributed by atoms with Crippen LogP contribution in [0.25, 0.3) is 0 Å². The summed E-state index contributed by atoms with van der Waals surface area (Å²) in [6.45, 7) is 0.529. The fraction of sp³-hybridized carbons (Fsp3) is 0.200. The molecule has 0 aliphatic carbocycles. The Kier molecular flexibility index (Phi) is 6.34. The third-order valence-corrected chi connectivity index (χ3v) is 5.33. The fourth-order valence-electron chi connectivity index (χ4n) is 1.92. The van der Waals surface area contributed by atoms with Crippen molar-refractivity contribution in [2.24, 2.45) is 0 Å². The van der Waals surface area contributed by atoms with Crippen molar-refractivity contribution in [2.45, 2.75) is 18.9 Å². The summed E-state index contributed by atoms with van der Waals surface area (Å²) in [6.07, 6.45) is 0. The second kappa shape index (κ2) is 7.72. The summed E-state index contributed by atoms with van der Waals surface area (Å²) < 4.78 is 44.8. The van der Waals surface area contributed by atoms with Crippen molar-refractivity contribution >= 4 is 39.5 Å². The van der Waals surface area contributed by atoms with Crippen LogP contribution in [0.1, 0.15) is 16.7 Å². The van der Waals surface area contributed by atoms with Gasteiger partial charge in [0.2, 0.25) is 0 Å². The second-order valence-corrected chi connectivity index (χ2v) is 8.44. The van der Waals surface area contributed by atoms with Crippen LogP contribution in [0.15, 0.2) is 51.4 Å². The Hall–Kier alpha value is -0.630. The molecule has 0 amide bonds. The molecule has 0 fully saturated rings. The number of hydrogen-bond acceptors (Lipinski definition) is 2. The summed E-state index contributed by atoms with van der Waals surface area (Å²) >= 11 is 6.27. The van der Waals surface area contributed by atoms with Crippen LogP contribution in [0.4, 0.5) is 8.78 Å². The Morgan fingerprint density at radius 3 is 2.08 bits per heavy atom. The lowest BCUT2D eigenvalue weighted by atomic mass is 10.1. The number of alkyl halides is 2. The van der Waals surface area contributed by atoms with Crippen molar-refractivity contribution in [2.75, 3.05) is 0 Å². The van der Waals surface area contributed by atoms with Crippen LogP contribution in [0.3, 0.4) is 0 Å². The van der Waals surface area contributed by atoms with E-state index in [2.05, 4.69) is 31.9 Å². The summed E-state index contributed by atoms with van der Waals surface area (Å²) in [4.78, 5) is 17.6. The van der Waals surface area contributed by atoms with Gasteiger partial charge < -0.3 is 14.5 Å². The van der Waals surface area contributed by atoms with E-state index in [9.17, 15) is 13.3 Å². The molecule has 0 bridgehead atoms. The molecule has 2 rings (SSSR count). The van der Waals surface area contributed by atoms with Crippen LogP contribution >= 0.6 is 39.5 Å². The third kappa shape index (κ3) is 4.71. The zero-order valence-electron chi connectivity index (χ0n) is 12.1. The average Bonchev–Trinajstić information content (AvgIpc) is 2.48. The van der Waals surface area contributed by atoms with Gasteiger partial charge in [0.15, 0.2) is 0 Å². The topological polar surface area (TPSA) is 66.8 Å². The molecule has 0 radical (unpaired) electrons. The van der Waals surface area contributed by atoms with Gasteiger partial charge in [-0.15, -0.1) is 0 Å². The lowest BCUT2D eigenvalue weighted by Crippen LogP contribution is -2.14. The van der Waals surface area contributed by atoms with E-state index in [1.807, 2.05) is 24.3 Å². The molecule has 0 unspecified atom stereocenters. The van der Waals surface area contributed by atoms with E-state index >= 15 is 0 Å². The monoisotopic (exact) mass is 484 g/mol. The molecule has 0 saturated heterocycles. The molecular formula is C15H13Br2F2O4P. The molecule has 2 N–H and O–H groups in total. The predicted molar refractivity (Wildman–Crippen MR) is 92.7 cm³/mol. The molecule has 24 heavy (non-hydrogen) atoms. The molecule has 0 aliphatic rings. The molecule has 0 aliphatic heterocycles. The van der Waals surface area contributed by atoms with Crippen LogP contribution in [0, 0.1) is 0 Å². The number of benzene rings is 2. The number of hydrogen-bond donors (Lipinski definition) is 2. The van der Waals surface area contributed by atoms with E-state index in [0.29, 0.717) is 12.2 Å². The first-order valence-corrected chi connectivity index (χ1v) is 9.85. The van der Waals surface area contributed by atoms with E-state index in [1.165, 1.54) is 12.1 Å². The number of rotatable bonds is 6. The normalized spacial score (nSPS) is 12.4. The molecule has 0 aromatic heterocycles. The molecule has 0 heterocycles. The highest BCUT2D eigenvalue weighted by Crippen LogP contribution is 2.60. The van der Waals surface area contributed by atoms with E-state index < -0.39 is 18.8 Å². The van der Waals surface area contributed by atoms with E-state index in [1.54, 1.807) is 0 Å². The van der Waals surface area contributed by atoms with Crippen LogP contribution < -0.4 is 0 Å². The van der Waals surface area contributed by atoms with Crippen molar-refractivity contribution in [3.63, 3.8) is 0 Å². The number of ether oxygens (including phenoxy) is 1. The first-order chi connectivity index (χ1) is 11.1. The van der Waals surface area contributed by atoms with Crippen molar-refractivity contribution < 1.29 is 27.9 Å². The minimum Gasteiger partial charge on any atom is -0.372 e. The maximum atomic E-state index is 13.7. The van der Waals surface area contributed by atoms with Crippen molar-refractivity contribution in [3.8, 4) is 0 Å². The molecular weight excluding hydrogens is 473 g/mol. The molecule has 130 valence electrons. The van der Waals surface area contributed by atoms with Crippen molar-refractivity contribution in [3.05, 3.63) is 68.1 Å². The van der Waals surface area contributed by atoms with Gasteiger partial charge in [0.05, 0.1) is 13.2 Å². The highest BCUT2D eigenvalue weighted by molar-refractivity contribution is 9.10. The van der Waals surface area contributed by atoms with Gasteiger partial charge in [-0.25, -0.2) is 0 Å². The van der Waals surface area contributed by atoms with Gasteiger partial charge in [0.25, 0.3) is 0 Å². The van der Waals surface area contributed by atoms with Crippen LogP contribution in [0.5, 0.6) is 0 Å². The maximum absolute atomic E-state index is 13.7. The fourth-order valence-corrected chi connectivity index (χ4v) is 3.52. The maximum Gasteiger partial charge on any atom is 0.399 e. The highest BCUT2D eigenvalue weighted by atomic mass is 79.9. The Balaban J connectivity index is 2.04. The lowest BCUT2D eigenvalue weighted by Gasteiger charge is -2.19. The van der Waals surface area contributed by atoms with Crippen molar-refractivity contribution in [1.82, 2.24) is 0 Å². The summed E-state index contributed by atoms with van der Waals surface area (Å²) in [5, 5.41) is 0. The first-order valence-electron chi connectivity index (χ1n) is 6.66. The summed E-state index contributed by atoms with van der Waals surface area (Å²) in [5.41, 5.74) is -3.44. The molecule has 4 nitrogen and oxygen atoms in total. The molecule has 0 atom stereocenters. The van der Waals surface area contributed by atoms with Crippen LogP contribution in [0.2, 0.25) is 0 Å². The Morgan fingerprint density at radius 2 is 1.54 bits per heavy atom. The van der Waals surface area contributed by atoms with Gasteiger partial charge in [0, 0.05) is 14.5 Å². The molecule has 0 spiro atoms. The van der Waals surface area contributed by atoms with Gasteiger partial charge in [-0.2, -0.15) is 8.78 Å². The minimum atomic E-state index is -5.60. The summed E-state index contributed by atoms with van der Waals surface area (Å²) in [5.74, 6) is 0. The van der Waals surface area contributed by atoms with E-state index in [4.69, 9.17) is 14.5 Å². The van der Waals surface area contributed by atoms with Gasteiger partial charge in [-0.1, -0.05) is 56.1 Å². The Labute approximate surface area is 154 Å². The highest BCUT2D eigenvalue weighted by Gasteiger charge is 2.51. The zero-order chi connectivity index (χ0) is 18.0. The lowest BCUT2D eigenvalue weighted by molar-refractivity contribution is 0.0556. The Bertz CT molecular complexity index is 763. The predicted octanol–water partition coefficient (Wildman–Crippen LogP) is 5.16. The largest absolute Gasteiger partial charge is 0.399 e.